The van der Waals surface area contributed by atoms with Crippen molar-refractivity contribution >= 4 is 12.0 Å². The van der Waals surface area contributed by atoms with Crippen molar-refractivity contribution in [2.24, 2.45) is 7.05 Å². The molecule has 1 aromatic carbocycles. The van der Waals surface area contributed by atoms with Crippen molar-refractivity contribution in [1.82, 2.24) is 20.0 Å². The van der Waals surface area contributed by atoms with Crippen LogP contribution in [0.3, 0.4) is 0 Å². The molecule has 122 valence electrons. The molecule has 2 rings (SSSR count). The van der Waals surface area contributed by atoms with Gasteiger partial charge in [0.25, 0.3) is 0 Å². The molecule has 0 aliphatic carbocycles. The highest BCUT2D eigenvalue weighted by molar-refractivity contribution is 5.75. The molecule has 7 heteroatoms. The molecule has 0 radical (unpaired) electrons. The average molecular weight is 316 g/mol. The maximum absolute atomic E-state index is 12.0. The van der Waals surface area contributed by atoms with Gasteiger partial charge in [0.05, 0.1) is 12.1 Å². The van der Waals surface area contributed by atoms with E-state index in [1.165, 1.54) is 4.90 Å². The van der Waals surface area contributed by atoms with Gasteiger partial charge in [0.2, 0.25) is 0 Å². The van der Waals surface area contributed by atoms with E-state index in [0.717, 1.165) is 16.8 Å². The number of carbonyl (C=O) groups excluding carboxylic acids is 1. The van der Waals surface area contributed by atoms with E-state index in [9.17, 15) is 9.59 Å². The normalized spacial score (nSPS) is 10.3. The molecule has 0 spiro atoms. The molecule has 1 heterocycles. The van der Waals surface area contributed by atoms with Crippen molar-refractivity contribution in [2.45, 2.75) is 13.0 Å². The number of nitrogens with one attached hydrogen (secondary N) is 1. The number of carbonyl (C=O) groups is 2. The first-order valence-electron chi connectivity index (χ1n) is 7.26. The highest BCUT2D eigenvalue weighted by atomic mass is 16.4. The second kappa shape index (κ2) is 7.44. The maximum atomic E-state index is 12.0. The quantitative estimate of drug-likeness (QED) is 0.849. The lowest BCUT2D eigenvalue weighted by molar-refractivity contribution is -0.137. The summed E-state index contributed by atoms with van der Waals surface area (Å²) in [5.74, 6) is -0.928. The van der Waals surface area contributed by atoms with Crippen LogP contribution in [0.15, 0.2) is 36.5 Å². The third-order valence-electron chi connectivity index (χ3n) is 3.39. The Kier molecular flexibility index (Phi) is 5.35. The number of urea groups is 1. The summed E-state index contributed by atoms with van der Waals surface area (Å²) >= 11 is 0. The van der Waals surface area contributed by atoms with Crippen LogP contribution < -0.4 is 5.32 Å². The third kappa shape index (κ3) is 4.57. The molecule has 0 saturated heterocycles. The minimum Gasteiger partial charge on any atom is -0.481 e. The lowest BCUT2D eigenvalue weighted by atomic mass is 10.1. The number of carboxylic acid groups (broad SMARTS) is 1. The predicted octanol–water partition coefficient (Wildman–Crippen LogP) is 1.70. The number of amides is 2. The average Bonchev–Trinajstić information content (AvgIpc) is 2.92. The number of aryl methyl sites for hydroxylation is 1. The van der Waals surface area contributed by atoms with E-state index < -0.39 is 5.97 Å². The Hall–Kier alpha value is -2.83. The monoisotopic (exact) mass is 316 g/mol. The molecule has 0 saturated carbocycles. The first-order valence-corrected chi connectivity index (χ1v) is 7.26. The summed E-state index contributed by atoms with van der Waals surface area (Å²) in [4.78, 5) is 23.9. The van der Waals surface area contributed by atoms with E-state index in [0.29, 0.717) is 6.54 Å². The van der Waals surface area contributed by atoms with Crippen LogP contribution in [0.25, 0.3) is 11.3 Å². The second-order valence-corrected chi connectivity index (χ2v) is 5.27. The van der Waals surface area contributed by atoms with E-state index in [1.807, 2.05) is 43.6 Å². The number of nitrogens with zero attached hydrogens (tertiary/aromatic N) is 3. The van der Waals surface area contributed by atoms with Gasteiger partial charge in [-0.15, -0.1) is 0 Å². The fourth-order valence-corrected chi connectivity index (χ4v) is 2.18. The molecule has 7 nitrogen and oxygen atoms in total. The van der Waals surface area contributed by atoms with Gasteiger partial charge in [-0.3, -0.25) is 9.48 Å². The van der Waals surface area contributed by atoms with Crippen molar-refractivity contribution < 1.29 is 14.7 Å². The third-order valence-corrected chi connectivity index (χ3v) is 3.39. The summed E-state index contributed by atoms with van der Waals surface area (Å²) in [6, 6.07) is 9.43. The molecule has 2 N–H and O–H groups in total. The summed E-state index contributed by atoms with van der Waals surface area (Å²) in [5.41, 5.74) is 2.71. The highest BCUT2D eigenvalue weighted by Crippen LogP contribution is 2.21. The van der Waals surface area contributed by atoms with Gasteiger partial charge in [0, 0.05) is 44.5 Å². The SMILES string of the molecule is CN(CCC(=O)O)C(=O)NCc1cn(C)nc1-c1ccccc1. The Labute approximate surface area is 134 Å². The molecule has 0 bridgehead atoms. The van der Waals surface area contributed by atoms with E-state index in [2.05, 4.69) is 10.4 Å². The van der Waals surface area contributed by atoms with Crippen LogP contribution >= 0.6 is 0 Å². The largest absolute Gasteiger partial charge is 0.481 e. The summed E-state index contributed by atoms with van der Waals surface area (Å²) in [6.45, 7) is 0.494. The van der Waals surface area contributed by atoms with Gasteiger partial charge in [-0.05, 0) is 0 Å². The molecule has 0 aliphatic heterocycles. The Morgan fingerprint density at radius 2 is 2.00 bits per heavy atom. The fraction of sp³-hybridized carbons (Fsp3) is 0.312. The van der Waals surface area contributed by atoms with Gasteiger partial charge in [0.1, 0.15) is 0 Å². The number of hydrogen-bond acceptors (Lipinski definition) is 3. The minimum atomic E-state index is -0.928. The predicted molar refractivity (Wildman–Crippen MR) is 85.8 cm³/mol. The van der Waals surface area contributed by atoms with Gasteiger partial charge in [-0.1, -0.05) is 30.3 Å². The number of aliphatic carboxylic acids is 1. The van der Waals surface area contributed by atoms with Crippen LogP contribution in [-0.4, -0.2) is 45.4 Å². The topological polar surface area (TPSA) is 87.5 Å². The zero-order valence-electron chi connectivity index (χ0n) is 13.2. The number of carboxylic acids is 1. The molecule has 0 atom stereocenters. The zero-order valence-corrected chi connectivity index (χ0v) is 13.2. The Balaban J connectivity index is 2.01. The molecule has 23 heavy (non-hydrogen) atoms. The number of hydrogen-bond donors (Lipinski definition) is 2. The number of rotatable bonds is 6. The fourth-order valence-electron chi connectivity index (χ4n) is 2.18. The molecular weight excluding hydrogens is 296 g/mol. The number of aromatic nitrogens is 2. The van der Waals surface area contributed by atoms with Crippen molar-refractivity contribution in [2.75, 3.05) is 13.6 Å². The smallest absolute Gasteiger partial charge is 0.317 e. The van der Waals surface area contributed by atoms with Gasteiger partial charge >= 0.3 is 12.0 Å². The molecular formula is C16H20N4O3. The molecule has 1 aromatic heterocycles. The minimum absolute atomic E-state index is 0.0773. The van der Waals surface area contributed by atoms with E-state index in [4.69, 9.17) is 5.11 Å². The number of benzene rings is 1. The van der Waals surface area contributed by atoms with E-state index in [-0.39, 0.29) is 19.0 Å². The van der Waals surface area contributed by atoms with Crippen LogP contribution in [0.4, 0.5) is 4.79 Å². The van der Waals surface area contributed by atoms with Crippen LogP contribution in [0.5, 0.6) is 0 Å². The molecule has 2 amide bonds. The van der Waals surface area contributed by atoms with Gasteiger partial charge < -0.3 is 15.3 Å². The molecule has 0 fully saturated rings. The molecule has 0 aliphatic rings. The lowest BCUT2D eigenvalue weighted by Gasteiger charge is -2.16. The standard InChI is InChI=1S/C16H20N4O3/c1-19(9-8-14(21)22)16(23)17-10-13-11-20(2)18-15(13)12-6-4-3-5-7-12/h3-7,11H,8-10H2,1-2H3,(H,17,23)(H,21,22). The van der Waals surface area contributed by atoms with Crippen LogP contribution in [0, 0.1) is 0 Å². The van der Waals surface area contributed by atoms with E-state index in [1.54, 1.807) is 11.7 Å². The summed E-state index contributed by atoms with van der Waals surface area (Å²) in [5, 5.41) is 15.9. The summed E-state index contributed by atoms with van der Waals surface area (Å²) in [6.07, 6.45) is 1.78. The van der Waals surface area contributed by atoms with Crippen LogP contribution in [0.2, 0.25) is 0 Å². The van der Waals surface area contributed by atoms with Crippen molar-refractivity contribution in [1.29, 1.82) is 0 Å². The van der Waals surface area contributed by atoms with Crippen LogP contribution in [0.1, 0.15) is 12.0 Å². The summed E-state index contributed by atoms with van der Waals surface area (Å²) < 4.78 is 1.71. The molecule has 2 aromatic rings. The Morgan fingerprint density at radius 3 is 2.65 bits per heavy atom. The Morgan fingerprint density at radius 1 is 1.30 bits per heavy atom. The van der Waals surface area contributed by atoms with Crippen molar-refractivity contribution in [3.63, 3.8) is 0 Å². The van der Waals surface area contributed by atoms with Gasteiger partial charge in [0.15, 0.2) is 0 Å². The van der Waals surface area contributed by atoms with Crippen molar-refractivity contribution in [3.05, 3.63) is 42.1 Å². The maximum Gasteiger partial charge on any atom is 0.317 e. The van der Waals surface area contributed by atoms with E-state index >= 15 is 0 Å². The van der Waals surface area contributed by atoms with Gasteiger partial charge in [-0.25, -0.2) is 4.79 Å². The lowest BCUT2D eigenvalue weighted by Crippen LogP contribution is -2.38. The first kappa shape index (κ1) is 16.5. The summed E-state index contributed by atoms with van der Waals surface area (Å²) in [7, 11) is 3.40. The molecule has 0 unspecified atom stereocenters. The highest BCUT2D eigenvalue weighted by Gasteiger charge is 2.13. The van der Waals surface area contributed by atoms with Crippen LogP contribution in [-0.2, 0) is 18.4 Å². The van der Waals surface area contributed by atoms with Crippen molar-refractivity contribution in [3.8, 4) is 11.3 Å². The van der Waals surface area contributed by atoms with Gasteiger partial charge in [-0.2, -0.15) is 5.10 Å². The Bertz CT molecular complexity index is 682. The first-order chi connectivity index (χ1) is 11.0. The zero-order chi connectivity index (χ0) is 16.8. The second-order valence-electron chi connectivity index (χ2n) is 5.27.